The van der Waals surface area contributed by atoms with Gasteiger partial charge in [0.2, 0.25) is 0 Å². The van der Waals surface area contributed by atoms with Gasteiger partial charge >= 0.3 is 0 Å². The monoisotopic (exact) mass is 286 g/mol. The van der Waals surface area contributed by atoms with Gasteiger partial charge in [-0.15, -0.1) is 0 Å². The second-order valence-corrected chi connectivity index (χ2v) is 5.27. The second-order valence-electron chi connectivity index (χ2n) is 4.83. The third-order valence-electron chi connectivity index (χ3n) is 3.55. The molecule has 19 heavy (non-hydrogen) atoms. The van der Waals surface area contributed by atoms with E-state index in [0.29, 0.717) is 17.0 Å². The fourth-order valence-corrected chi connectivity index (χ4v) is 2.74. The first kappa shape index (κ1) is 14.7. The van der Waals surface area contributed by atoms with Gasteiger partial charge in [-0.3, -0.25) is 4.90 Å². The fourth-order valence-electron chi connectivity index (χ4n) is 2.58. The zero-order valence-corrected chi connectivity index (χ0v) is 11.7. The molecule has 1 aromatic rings. The lowest BCUT2D eigenvalue weighted by atomic mass is 9.99. The number of piperazine rings is 1. The Morgan fingerprint density at radius 1 is 1.37 bits per heavy atom. The van der Waals surface area contributed by atoms with Crippen molar-refractivity contribution in [2.75, 3.05) is 32.8 Å². The Morgan fingerprint density at radius 2 is 2.11 bits per heavy atom. The van der Waals surface area contributed by atoms with Crippen molar-refractivity contribution in [3.8, 4) is 0 Å². The highest BCUT2D eigenvalue weighted by Gasteiger charge is 2.24. The molecule has 1 fully saturated rings. The van der Waals surface area contributed by atoms with E-state index >= 15 is 0 Å². The lowest BCUT2D eigenvalue weighted by Crippen LogP contribution is -2.45. The molecular formula is C14H20ClFN2O. The van der Waals surface area contributed by atoms with Gasteiger partial charge in [-0.1, -0.05) is 17.7 Å². The van der Waals surface area contributed by atoms with Crippen LogP contribution in [0.3, 0.4) is 0 Å². The van der Waals surface area contributed by atoms with Crippen LogP contribution in [0.1, 0.15) is 24.4 Å². The molecule has 3 nitrogen and oxygen atoms in total. The number of benzene rings is 1. The molecule has 0 unspecified atom stereocenters. The number of nitrogens with zero attached hydrogens (tertiary/aromatic N) is 1. The largest absolute Gasteiger partial charge is 0.396 e. The van der Waals surface area contributed by atoms with Crippen LogP contribution in [-0.4, -0.2) is 42.8 Å². The fraction of sp³-hybridized carbons (Fsp3) is 0.571. The van der Waals surface area contributed by atoms with Crippen LogP contribution in [-0.2, 0) is 0 Å². The maximum Gasteiger partial charge on any atom is 0.129 e. The van der Waals surface area contributed by atoms with Gasteiger partial charge in [-0.25, -0.2) is 4.39 Å². The molecule has 1 saturated heterocycles. The molecular weight excluding hydrogens is 267 g/mol. The summed E-state index contributed by atoms with van der Waals surface area (Å²) in [6.45, 7) is 3.78. The molecule has 0 aromatic heterocycles. The molecule has 0 amide bonds. The lowest BCUT2D eigenvalue weighted by Gasteiger charge is -2.35. The van der Waals surface area contributed by atoms with E-state index in [1.807, 2.05) is 0 Å². The van der Waals surface area contributed by atoms with E-state index in [0.717, 1.165) is 32.6 Å². The van der Waals surface area contributed by atoms with Crippen molar-refractivity contribution in [2.24, 2.45) is 0 Å². The number of aliphatic hydroxyl groups is 1. The smallest absolute Gasteiger partial charge is 0.129 e. The van der Waals surface area contributed by atoms with E-state index in [2.05, 4.69) is 10.2 Å². The normalized spacial score (nSPS) is 18.5. The van der Waals surface area contributed by atoms with Crippen LogP contribution in [0.5, 0.6) is 0 Å². The van der Waals surface area contributed by atoms with Crippen molar-refractivity contribution in [1.82, 2.24) is 10.2 Å². The molecule has 0 radical (unpaired) electrons. The summed E-state index contributed by atoms with van der Waals surface area (Å²) < 4.78 is 14.1. The van der Waals surface area contributed by atoms with E-state index in [-0.39, 0.29) is 18.5 Å². The standard InChI is InChI=1S/C14H20ClFN2O/c15-11-3-4-12(13(16)10-11)14(2-1-9-19)18-7-5-17-6-8-18/h3-4,10,14,17,19H,1-2,5-9H2/t14-/m1/s1. The van der Waals surface area contributed by atoms with Crippen LogP contribution in [0.15, 0.2) is 18.2 Å². The first-order valence-electron chi connectivity index (χ1n) is 6.73. The van der Waals surface area contributed by atoms with Gasteiger partial charge in [-0.05, 0) is 25.0 Å². The Morgan fingerprint density at radius 3 is 2.74 bits per heavy atom. The van der Waals surface area contributed by atoms with Gasteiger partial charge in [-0.2, -0.15) is 0 Å². The molecule has 2 rings (SSSR count). The number of aliphatic hydroxyl groups excluding tert-OH is 1. The highest BCUT2D eigenvalue weighted by atomic mass is 35.5. The SMILES string of the molecule is OCCC[C@H](c1ccc(Cl)cc1F)N1CCNCC1. The van der Waals surface area contributed by atoms with E-state index in [1.54, 1.807) is 12.1 Å². The van der Waals surface area contributed by atoms with Gasteiger partial charge in [0, 0.05) is 49.4 Å². The minimum Gasteiger partial charge on any atom is -0.396 e. The molecule has 2 N–H and O–H groups in total. The average Bonchev–Trinajstić information content (AvgIpc) is 2.42. The predicted molar refractivity (Wildman–Crippen MR) is 74.9 cm³/mol. The maximum absolute atomic E-state index is 14.1. The Labute approximate surface area is 118 Å². The molecule has 1 aliphatic heterocycles. The number of nitrogens with one attached hydrogen (secondary N) is 1. The summed E-state index contributed by atoms with van der Waals surface area (Å²) in [7, 11) is 0. The van der Waals surface area contributed by atoms with Crippen molar-refractivity contribution in [1.29, 1.82) is 0 Å². The van der Waals surface area contributed by atoms with Crippen LogP contribution in [0.25, 0.3) is 0 Å². The van der Waals surface area contributed by atoms with Gasteiger partial charge in [0.05, 0.1) is 0 Å². The summed E-state index contributed by atoms with van der Waals surface area (Å²) in [5.41, 5.74) is 0.680. The topological polar surface area (TPSA) is 35.5 Å². The third-order valence-corrected chi connectivity index (χ3v) is 3.78. The zero-order chi connectivity index (χ0) is 13.7. The summed E-state index contributed by atoms with van der Waals surface area (Å²) in [5, 5.41) is 12.7. The van der Waals surface area contributed by atoms with Crippen LogP contribution in [0.4, 0.5) is 4.39 Å². The van der Waals surface area contributed by atoms with Crippen molar-refractivity contribution in [2.45, 2.75) is 18.9 Å². The minimum absolute atomic E-state index is 0.0199. The maximum atomic E-state index is 14.1. The summed E-state index contributed by atoms with van der Waals surface area (Å²) in [5.74, 6) is -0.256. The molecule has 0 bridgehead atoms. The summed E-state index contributed by atoms with van der Waals surface area (Å²) >= 11 is 5.81. The molecule has 0 aliphatic carbocycles. The average molecular weight is 287 g/mol. The van der Waals surface area contributed by atoms with E-state index in [4.69, 9.17) is 16.7 Å². The number of rotatable bonds is 5. The molecule has 1 aliphatic rings. The van der Waals surface area contributed by atoms with E-state index in [9.17, 15) is 4.39 Å². The molecule has 1 heterocycles. The molecule has 106 valence electrons. The number of hydrogen-bond donors (Lipinski definition) is 2. The summed E-state index contributed by atoms with van der Waals surface area (Å²) in [6.07, 6.45) is 1.44. The van der Waals surface area contributed by atoms with Crippen molar-refractivity contribution in [3.05, 3.63) is 34.6 Å². The molecule has 1 aromatic carbocycles. The van der Waals surface area contributed by atoms with Crippen LogP contribution in [0, 0.1) is 5.82 Å². The quantitative estimate of drug-likeness (QED) is 0.871. The van der Waals surface area contributed by atoms with Crippen LogP contribution in [0.2, 0.25) is 5.02 Å². The Bertz CT molecular complexity index is 410. The summed E-state index contributed by atoms with van der Waals surface area (Å²) in [6, 6.07) is 4.88. The molecule has 0 saturated carbocycles. The molecule has 1 atom stereocenters. The van der Waals surface area contributed by atoms with Crippen molar-refractivity contribution >= 4 is 11.6 Å². The van der Waals surface area contributed by atoms with Crippen LogP contribution < -0.4 is 5.32 Å². The van der Waals surface area contributed by atoms with E-state index < -0.39 is 0 Å². The van der Waals surface area contributed by atoms with Gasteiger partial charge in [0.15, 0.2) is 0 Å². The Balaban J connectivity index is 2.19. The first-order valence-corrected chi connectivity index (χ1v) is 7.10. The number of hydrogen-bond acceptors (Lipinski definition) is 3. The predicted octanol–water partition coefficient (Wildman–Crippen LogP) is 2.20. The third kappa shape index (κ3) is 3.89. The summed E-state index contributed by atoms with van der Waals surface area (Å²) in [4.78, 5) is 2.28. The van der Waals surface area contributed by atoms with Crippen LogP contribution >= 0.6 is 11.6 Å². The van der Waals surface area contributed by atoms with Gasteiger partial charge in [0.1, 0.15) is 5.82 Å². The second kappa shape index (κ2) is 7.20. The van der Waals surface area contributed by atoms with Crippen molar-refractivity contribution in [3.63, 3.8) is 0 Å². The highest BCUT2D eigenvalue weighted by molar-refractivity contribution is 6.30. The Kier molecular flexibility index (Phi) is 5.58. The minimum atomic E-state index is -0.256. The highest BCUT2D eigenvalue weighted by Crippen LogP contribution is 2.29. The molecule has 0 spiro atoms. The Hall–Kier alpha value is -0.680. The molecule has 5 heteroatoms. The van der Waals surface area contributed by atoms with E-state index in [1.165, 1.54) is 6.07 Å². The number of halogens is 2. The zero-order valence-electron chi connectivity index (χ0n) is 10.9. The van der Waals surface area contributed by atoms with Gasteiger partial charge < -0.3 is 10.4 Å². The first-order chi connectivity index (χ1) is 9.22. The van der Waals surface area contributed by atoms with Crippen molar-refractivity contribution < 1.29 is 9.50 Å². The van der Waals surface area contributed by atoms with Gasteiger partial charge in [0.25, 0.3) is 0 Å². The lowest BCUT2D eigenvalue weighted by molar-refractivity contribution is 0.151.